The molecule has 9 nitrogen and oxygen atoms in total. The number of hydrogen-bond acceptors (Lipinski definition) is 7. The first-order valence-corrected chi connectivity index (χ1v) is 12.9. The van der Waals surface area contributed by atoms with Gasteiger partial charge < -0.3 is 24.2 Å². The molecular formula is C29H35N3O6. The normalized spacial score (nSPS) is 17.1. The van der Waals surface area contributed by atoms with E-state index in [1.165, 1.54) is 12.0 Å². The number of aromatic nitrogens is 2. The number of carbonyl (C=O) groups excluding carboxylic acids is 2. The fraction of sp³-hybridized carbons (Fsp3) is 0.414. The first kappa shape index (κ1) is 27.2. The van der Waals surface area contributed by atoms with Gasteiger partial charge in [-0.25, -0.2) is 4.98 Å². The Morgan fingerprint density at radius 2 is 1.89 bits per heavy atom. The molecule has 1 N–H and O–H groups in total. The number of hydrogen-bond donors (Lipinski definition) is 1. The van der Waals surface area contributed by atoms with Gasteiger partial charge in [-0.15, -0.1) is 0 Å². The molecule has 0 saturated carbocycles. The molecule has 1 aliphatic rings. The molecule has 0 bridgehead atoms. The number of nitrogens with zero attached hydrogens (tertiary/aromatic N) is 3. The number of methoxy groups -OCH3 is 1. The van der Waals surface area contributed by atoms with Crippen LogP contribution >= 0.6 is 0 Å². The van der Waals surface area contributed by atoms with Crippen LogP contribution in [0.25, 0.3) is 11.4 Å². The average Bonchev–Trinajstić information content (AvgIpc) is 3.36. The minimum absolute atomic E-state index is 0.00391. The second kappa shape index (κ2) is 11.7. The van der Waals surface area contributed by atoms with Crippen molar-refractivity contribution >= 4 is 23.1 Å². The highest BCUT2D eigenvalue weighted by molar-refractivity contribution is 6.46. The number of benzene rings is 1. The molecule has 1 amide bonds. The van der Waals surface area contributed by atoms with E-state index in [4.69, 9.17) is 14.2 Å². The third-order valence-corrected chi connectivity index (χ3v) is 6.54. The van der Waals surface area contributed by atoms with Crippen molar-refractivity contribution in [2.45, 2.75) is 40.2 Å². The van der Waals surface area contributed by atoms with Gasteiger partial charge in [0.05, 0.1) is 37.1 Å². The lowest BCUT2D eigenvalue weighted by molar-refractivity contribution is -0.140. The van der Waals surface area contributed by atoms with E-state index >= 15 is 0 Å². The number of rotatable bonds is 11. The van der Waals surface area contributed by atoms with Crippen molar-refractivity contribution in [1.29, 1.82) is 0 Å². The van der Waals surface area contributed by atoms with Gasteiger partial charge in [0.15, 0.2) is 17.3 Å². The van der Waals surface area contributed by atoms with Crippen LogP contribution in [-0.2, 0) is 14.3 Å². The van der Waals surface area contributed by atoms with Crippen LogP contribution in [0.5, 0.6) is 11.5 Å². The minimum atomic E-state index is -0.845. The average molecular weight is 522 g/mol. The van der Waals surface area contributed by atoms with E-state index in [9.17, 15) is 14.7 Å². The van der Waals surface area contributed by atoms with Gasteiger partial charge in [0, 0.05) is 19.9 Å². The van der Waals surface area contributed by atoms with Crippen molar-refractivity contribution in [2.24, 2.45) is 5.92 Å². The van der Waals surface area contributed by atoms with Gasteiger partial charge in [0.25, 0.3) is 11.7 Å². The lowest BCUT2D eigenvalue weighted by Crippen LogP contribution is -2.32. The molecule has 1 aliphatic heterocycles. The van der Waals surface area contributed by atoms with Crippen LogP contribution in [0.3, 0.4) is 0 Å². The number of imidazole rings is 1. The van der Waals surface area contributed by atoms with Crippen LogP contribution in [-0.4, -0.2) is 64.6 Å². The Labute approximate surface area is 222 Å². The monoisotopic (exact) mass is 521 g/mol. The molecule has 0 spiro atoms. The van der Waals surface area contributed by atoms with E-state index in [1.54, 1.807) is 35.7 Å². The Hall–Kier alpha value is -3.85. The summed E-state index contributed by atoms with van der Waals surface area (Å²) in [6, 6.07) is 9.99. The van der Waals surface area contributed by atoms with E-state index in [2.05, 4.69) is 18.8 Å². The molecule has 38 heavy (non-hydrogen) atoms. The van der Waals surface area contributed by atoms with E-state index in [1.807, 2.05) is 25.1 Å². The number of aryl methyl sites for hydroxylation is 1. The van der Waals surface area contributed by atoms with Gasteiger partial charge in [0.1, 0.15) is 11.3 Å². The number of ketones is 1. The molecule has 3 aromatic rings. The maximum atomic E-state index is 13.4. The molecule has 1 atom stereocenters. The fourth-order valence-electron chi connectivity index (χ4n) is 4.66. The van der Waals surface area contributed by atoms with Gasteiger partial charge in [-0.05, 0) is 56.0 Å². The Bertz CT molecular complexity index is 1360. The van der Waals surface area contributed by atoms with Crippen molar-refractivity contribution < 1.29 is 28.9 Å². The van der Waals surface area contributed by atoms with Gasteiger partial charge in [-0.2, -0.15) is 0 Å². The zero-order valence-corrected chi connectivity index (χ0v) is 22.6. The van der Waals surface area contributed by atoms with Crippen molar-refractivity contribution in [2.75, 3.05) is 33.5 Å². The standard InChI is InChI=1S/C29H35N3O6/c1-6-37-22-17-20(10-11-21(22)38-15-12-18(2)3)26-24(28(34)29(35)32(26)14-16-36-5)27(33)25-19(4)30-23-9-7-8-13-31(23)25/h7-11,13,17-18,26,33H,6,12,14-16H2,1-5H3. The van der Waals surface area contributed by atoms with Crippen LogP contribution in [0, 0.1) is 12.8 Å². The van der Waals surface area contributed by atoms with E-state index in [-0.39, 0.29) is 24.5 Å². The molecule has 1 fully saturated rings. The number of aliphatic hydroxyl groups is 1. The van der Waals surface area contributed by atoms with Gasteiger partial charge in [-0.3, -0.25) is 14.0 Å². The third kappa shape index (κ3) is 5.24. The summed E-state index contributed by atoms with van der Waals surface area (Å²) in [5.74, 6) is -0.146. The van der Waals surface area contributed by atoms with Crippen molar-refractivity contribution in [1.82, 2.24) is 14.3 Å². The zero-order valence-electron chi connectivity index (χ0n) is 22.6. The fourth-order valence-corrected chi connectivity index (χ4v) is 4.66. The molecular weight excluding hydrogens is 486 g/mol. The van der Waals surface area contributed by atoms with Gasteiger partial charge in [0.2, 0.25) is 0 Å². The predicted octanol–water partition coefficient (Wildman–Crippen LogP) is 4.53. The van der Waals surface area contributed by atoms with Crippen LogP contribution in [0.4, 0.5) is 0 Å². The highest BCUT2D eigenvalue weighted by atomic mass is 16.5. The molecule has 3 heterocycles. The quantitative estimate of drug-likeness (QED) is 0.225. The number of Topliss-reactive ketones (excluding diaryl/α,β-unsaturated/α-hetero) is 1. The van der Waals surface area contributed by atoms with E-state index in [0.29, 0.717) is 53.2 Å². The summed E-state index contributed by atoms with van der Waals surface area (Å²) in [5.41, 5.74) is 2.15. The lowest BCUT2D eigenvalue weighted by atomic mass is 9.96. The topological polar surface area (TPSA) is 103 Å². The molecule has 4 rings (SSSR count). The largest absolute Gasteiger partial charge is 0.505 e. The molecule has 9 heteroatoms. The summed E-state index contributed by atoms with van der Waals surface area (Å²) in [6.45, 7) is 9.25. The summed E-state index contributed by atoms with van der Waals surface area (Å²) in [7, 11) is 1.53. The summed E-state index contributed by atoms with van der Waals surface area (Å²) in [5, 5.41) is 11.6. The number of carbonyl (C=O) groups is 2. The number of aliphatic hydroxyl groups excluding tert-OH is 1. The molecule has 1 aromatic carbocycles. The smallest absolute Gasteiger partial charge is 0.295 e. The van der Waals surface area contributed by atoms with Gasteiger partial charge >= 0.3 is 0 Å². The van der Waals surface area contributed by atoms with E-state index < -0.39 is 17.7 Å². The molecule has 0 radical (unpaired) electrons. The summed E-state index contributed by atoms with van der Waals surface area (Å²) >= 11 is 0. The lowest BCUT2D eigenvalue weighted by Gasteiger charge is -2.26. The summed E-state index contributed by atoms with van der Waals surface area (Å²) in [6.07, 6.45) is 2.65. The molecule has 1 saturated heterocycles. The number of amides is 1. The number of likely N-dealkylation sites (tertiary alicyclic amines) is 1. The maximum absolute atomic E-state index is 13.4. The molecule has 1 unspecified atom stereocenters. The first-order chi connectivity index (χ1) is 18.3. The summed E-state index contributed by atoms with van der Waals surface area (Å²) < 4.78 is 18.8. The van der Waals surface area contributed by atoms with E-state index in [0.717, 1.165) is 6.42 Å². The first-order valence-electron chi connectivity index (χ1n) is 12.9. The molecule has 202 valence electrons. The Morgan fingerprint density at radius 1 is 1.11 bits per heavy atom. The second-order valence-corrected chi connectivity index (χ2v) is 9.63. The molecule has 2 aromatic heterocycles. The second-order valence-electron chi connectivity index (χ2n) is 9.63. The Morgan fingerprint density at radius 3 is 2.61 bits per heavy atom. The molecule has 0 aliphatic carbocycles. The van der Waals surface area contributed by atoms with Crippen LogP contribution < -0.4 is 9.47 Å². The highest BCUT2D eigenvalue weighted by Gasteiger charge is 2.46. The highest BCUT2D eigenvalue weighted by Crippen LogP contribution is 2.42. The number of fused-ring (bicyclic) bond motifs is 1. The Balaban J connectivity index is 1.85. The van der Waals surface area contributed by atoms with Gasteiger partial charge in [-0.1, -0.05) is 26.0 Å². The number of pyridine rings is 1. The van der Waals surface area contributed by atoms with Crippen LogP contribution in [0.2, 0.25) is 0 Å². The minimum Gasteiger partial charge on any atom is -0.505 e. The van der Waals surface area contributed by atoms with Crippen molar-refractivity contribution in [3.05, 3.63) is 65.1 Å². The van der Waals surface area contributed by atoms with Crippen LogP contribution in [0.1, 0.15) is 50.2 Å². The van der Waals surface area contributed by atoms with Crippen molar-refractivity contribution in [3.8, 4) is 11.5 Å². The predicted molar refractivity (Wildman–Crippen MR) is 143 cm³/mol. The Kier molecular flexibility index (Phi) is 8.36. The third-order valence-electron chi connectivity index (χ3n) is 6.54. The SMILES string of the molecule is CCOc1cc(C2C(=C(O)c3c(C)nc4ccccn34)C(=O)C(=O)N2CCOC)ccc1OCCC(C)C. The number of ether oxygens (including phenoxy) is 3. The summed E-state index contributed by atoms with van der Waals surface area (Å²) in [4.78, 5) is 32.5. The zero-order chi connectivity index (χ0) is 27.4. The maximum Gasteiger partial charge on any atom is 0.295 e. The van der Waals surface area contributed by atoms with Crippen LogP contribution in [0.15, 0.2) is 48.2 Å². The van der Waals surface area contributed by atoms with Crippen molar-refractivity contribution in [3.63, 3.8) is 0 Å².